The van der Waals surface area contributed by atoms with Crippen LogP contribution in [0.4, 0.5) is 5.69 Å². The maximum absolute atomic E-state index is 12.6. The number of amides is 2. The van der Waals surface area contributed by atoms with E-state index in [0.29, 0.717) is 11.3 Å². The van der Waals surface area contributed by atoms with Crippen LogP contribution in [0.3, 0.4) is 0 Å². The van der Waals surface area contributed by atoms with Crippen molar-refractivity contribution in [3.8, 4) is 0 Å². The number of carbonyl (C=O) groups is 3. The second kappa shape index (κ2) is 5.17. The summed E-state index contributed by atoms with van der Waals surface area (Å²) in [5, 5.41) is 14.8. The van der Waals surface area contributed by atoms with E-state index in [1.54, 1.807) is 24.3 Å². The van der Waals surface area contributed by atoms with E-state index in [2.05, 4.69) is 10.6 Å². The topological polar surface area (TPSA) is 98.7 Å². The highest BCUT2D eigenvalue weighted by molar-refractivity contribution is 6.02. The Morgan fingerprint density at radius 2 is 2.05 bits per heavy atom. The van der Waals surface area contributed by atoms with Crippen LogP contribution >= 0.6 is 0 Å². The predicted octanol–water partition coefficient (Wildman–Crippen LogP) is -0.711. The first-order valence-electron chi connectivity index (χ1n) is 6.71. The summed E-state index contributed by atoms with van der Waals surface area (Å²) in [7, 11) is 0. The zero-order chi connectivity index (χ0) is 15.0. The molecule has 2 heterocycles. The molecule has 2 aliphatic heterocycles. The van der Waals surface area contributed by atoms with E-state index in [9.17, 15) is 19.5 Å². The molecule has 0 saturated carbocycles. The smallest absolute Gasteiger partial charge is 0.312 e. The van der Waals surface area contributed by atoms with Gasteiger partial charge in [0.05, 0.1) is 6.54 Å². The van der Waals surface area contributed by atoms with Crippen LogP contribution in [0.5, 0.6) is 0 Å². The molecule has 7 nitrogen and oxygen atoms in total. The number of carboxylic acids is 1. The Morgan fingerprint density at radius 1 is 1.29 bits per heavy atom. The van der Waals surface area contributed by atoms with Gasteiger partial charge in [-0.1, -0.05) is 18.2 Å². The van der Waals surface area contributed by atoms with Gasteiger partial charge in [-0.15, -0.1) is 0 Å². The molecule has 21 heavy (non-hydrogen) atoms. The number of anilines is 1. The molecule has 3 N–H and O–H groups in total. The van der Waals surface area contributed by atoms with Gasteiger partial charge >= 0.3 is 5.97 Å². The number of nitrogens with zero attached hydrogens (tertiary/aromatic N) is 1. The number of aliphatic carboxylic acids is 1. The number of piperazine rings is 1. The van der Waals surface area contributed by atoms with Crippen LogP contribution in [0.2, 0.25) is 0 Å². The van der Waals surface area contributed by atoms with Gasteiger partial charge in [0.1, 0.15) is 12.0 Å². The highest BCUT2D eigenvalue weighted by Crippen LogP contribution is 2.36. The summed E-state index contributed by atoms with van der Waals surface area (Å²) in [6.07, 6.45) is 0. The third-order valence-corrected chi connectivity index (χ3v) is 3.84. The molecule has 0 radical (unpaired) electrons. The summed E-state index contributed by atoms with van der Waals surface area (Å²) < 4.78 is 0. The first-order valence-corrected chi connectivity index (χ1v) is 6.71. The van der Waals surface area contributed by atoms with Crippen LogP contribution in [0, 0.1) is 0 Å². The molecule has 0 bridgehead atoms. The Balaban J connectivity index is 1.85. The minimum Gasteiger partial charge on any atom is -0.481 e. The maximum Gasteiger partial charge on any atom is 0.312 e. The zero-order valence-corrected chi connectivity index (χ0v) is 11.2. The zero-order valence-electron chi connectivity index (χ0n) is 11.2. The Hall–Kier alpha value is -2.41. The molecule has 0 aromatic heterocycles. The minimum atomic E-state index is -0.942. The highest BCUT2D eigenvalue weighted by atomic mass is 16.4. The van der Waals surface area contributed by atoms with Crippen molar-refractivity contribution in [1.82, 2.24) is 10.6 Å². The normalized spacial score (nSPS) is 24.4. The standard InChI is InChI=1S/C14H15N3O4/c18-12-6-15-10(5-16-12)13(19)17-7-9(14(20)21)8-3-1-2-4-11(8)17/h1-4,9-10,15H,5-7H2,(H,16,18)(H,20,21). The van der Waals surface area contributed by atoms with Crippen molar-refractivity contribution in [1.29, 1.82) is 0 Å². The number of hydrogen-bond acceptors (Lipinski definition) is 4. The lowest BCUT2D eigenvalue weighted by atomic mass is 10.0. The van der Waals surface area contributed by atoms with Gasteiger partial charge in [0.25, 0.3) is 0 Å². The molecule has 3 rings (SSSR count). The second-order valence-corrected chi connectivity index (χ2v) is 5.14. The minimum absolute atomic E-state index is 0.0915. The van der Waals surface area contributed by atoms with E-state index >= 15 is 0 Å². The van der Waals surface area contributed by atoms with Gasteiger partial charge in [-0.25, -0.2) is 0 Å². The summed E-state index contributed by atoms with van der Waals surface area (Å²) in [5.41, 5.74) is 1.28. The van der Waals surface area contributed by atoms with Crippen molar-refractivity contribution in [3.63, 3.8) is 0 Å². The van der Waals surface area contributed by atoms with Gasteiger partial charge in [-0.2, -0.15) is 0 Å². The van der Waals surface area contributed by atoms with Gasteiger partial charge in [0.2, 0.25) is 11.8 Å². The molecule has 7 heteroatoms. The van der Waals surface area contributed by atoms with E-state index in [0.717, 1.165) is 0 Å². The van der Waals surface area contributed by atoms with Gasteiger partial charge in [0.15, 0.2) is 0 Å². The number of fused-ring (bicyclic) bond motifs is 1. The van der Waals surface area contributed by atoms with Crippen molar-refractivity contribution in [2.45, 2.75) is 12.0 Å². The van der Waals surface area contributed by atoms with E-state index in [4.69, 9.17) is 0 Å². The van der Waals surface area contributed by atoms with Crippen molar-refractivity contribution in [3.05, 3.63) is 29.8 Å². The molecule has 2 unspecified atom stereocenters. The predicted molar refractivity (Wildman–Crippen MR) is 74.0 cm³/mol. The Bertz CT molecular complexity index is 606. The number of hydrogen-bond donors (Lipinski definition) is 3. The summed E-state index contributed by atoms with van der Waals surface area (Å²) in [4.78, 5) is 36.5. The maximum atomic E-state index is 12.6. The Morgan fingerprint density at radius 3 is 2.71 bits per heavy atom. The number of carboxylic acid groups (broad SMARTS) is 1. The van der Waals surface area contributed by atoms with Crippen molar-refractivity contribution < 1.29 is 19.5 Å². The Labute approximate surface area is 120 Å². The first-order chi connectivity index (χ1) is 10.1. The number of nitrogens with one attached hydrogen (secondary N) is 2. The molecular weight excluding hydrogens is 274 g/mol. The van der Waals surface area contributed by atoms with Gasteiger partial charge in [-0.3, -0.25) is 19.7 Å². The lowest BCUT2D eigenvalue weighted by molar-refractivity contribution is -0.138. The molecule has 110 valence electrons. The third kappa shape index (κ3) is 2.36. The molecular formula is C14H15N3O4. The van der Waals surface area contributed by atoms with Crippen molar-refractivity contribution >= 4 is 23.5 Å². The average molecular weight is 289 g/mol. The van der Waals surface area contributed by atoms with Gasteiger partial charge in [0, 0.05) is 18.8 Å². The molecule has 2 aliphatic rings. The van der Waals surface area contributed by atoms with Crippen LogP contribution in [0.25, 0.3) is 0 Å². The molecule has 0 spiro atoms. The number of para-hydroxylation sites is 1. The molecule has 1 fully saturated rings. The largest absolute Gasteiger partial charge is 0.481 e. The summed E-state index contributed by atoms with van der Waals surface area (Å²) in [6.45, 7) is 0.433. The fourth-order valence-corrected chi connectivity index (χ4v) is 2.76. The van der Waals surface area contributed by atoms with Crippen LogP contribution in [0.15, 0.2) is 24.3 Å². The fourth-order valence-electron chi connectivity index (χ4n) is 2.76. The van der Waals surface area contributed by atoms with E-state index in [1.807, 2.05) is 0 Å². The SMILES string of the molecule is O=C1CNC(C(=O)N2CC(C(=O)O)c3ccccc32)CN1. The Kier molecular flexibility index (Phi) is 3.34. The van der Waals surface area contributed by atoms with Crippen LogP contribution in [-0.4, -0.2) is 48.6 Å². The lowest BCUT2D eigenvalue weighted by Gasteiger charge is -2.28. The number of benzene rings is 1. The van der Waals surface area contributed by atoms with Crippen LogP contribution < -0.4 is 15.5 Å². The monoisotopic (exact) mass is 289 g/mol. The molecule has 1 aromatic carbocycles. The summed E-state index contributed by atoms with van der Waals surface area (Å²) in [6, 6.07) is 6.50. The third-order valence-electron chi connectivity index (χ3n) is 3.84. The molecule has 1 saturated heterocycles. The molecule has 2 atom stereocenters. The second-order valence-electron chi connectivity index (χ2n) is 5.14. The fraction of sp³-hybridized carbons (Fsp3) is 0.357. The molecule has 2 amide bonds. The highest BCUT2D eigenvalue weighted by Gasteiger charge is 2.39. The summed E-state index contributed by atoms with van der Waals surface area (Å²) in [5.74, 6) is -2.01. The first kappa shape index (κ1) is 13.6. The number of rotatable bonds is 2. The van der Waals surface area contributed by atoms with Crippen LogP contribution in [0.1, 0.15) is 11.5 Å². The average Bonchev–Trinajstić information content (AvgIpc) is 2.87. The van der Waals surface area contributed by atoms with Crippen molar-refractivity contribution in [2.75, 3.05) is 24.5 Å². The van der Waals surface area contributed by atoms with E-state index in [-0.39, 0.29) is 31.4 Å². The van der Waals surface area contributed by atoms with Crippen LogP contribution in [-0.2, 0) is 14.4 Å². The van der Waals surface area contributed by atoms with Crippen molar-refractivity contribution in [2.24, 2.45) is 0 Å². The van der Waals surface area contributed by atoms with E-state index < -0.39 is 17.9 Å². The van der Waals surface area contributed by atoms with Gasteiger partial charge < -0.3 is 15.3 Å². The van der Waals surface area contributed by atoms with E-state index in [1.165, 1.54) is 4.90 Å². The lowest BCUT2D eigenvalue weighted by Crippen LogP contribution is -2.58. The quantitative estimate of drug-likeness (QED) is 0.668. The van der Waals surface area contributed by atoms with Gasteiger partial charge in [-0.05, 0) is 11.6 Å². The molecule has 0 aliphatic carbocycles. The molecule has 1 aromatic rings. The summed E-state index contributed by atoms with van der Waals surface area (Å²) >= 11 is 0. The number of carbonyl (C=O) groups excluding carboxylic acids is 2.